The Morgan fingerprint density at radius 2 is 1.68 bits per heavy atom. The van der Waals surface area contributed by atoms with Crippen LogP contribution in [0.3, 0.4) is 0 Å². The highest BCUT2D eigenvalue weighted by atomic mass is 32.8. The first kappa shape index (κ1) is 28.5. The molecule has 0 spiro atoms. The number of nitrogens with one attached hydrogen (secondary N) is 1. The molecular formula is C22H26N6O7S2. The Morgan fingerprint density at radius 3 is 2.30 bits per heavy atom. The van der Waals surface area contributed by atoms with Crippen molar-refractivity contribution in [2.24, 2.45) is 10.2 Å². The molecule has 0 fully saturated rings. The number of hydrogen-bond acceptors (Lipinski definition) is 14. The number of anilines is 2. The van der Waals surface area contributed by atoms with Gasteiger partial charge in [0.15, 0.2) is 8.77 Å². The minimum Gasteiger partial charge on any atom is -0.324 e. The molecule has 3 rings (SSSR count). The number of azo groups is 1. The van der Waals surface area contributed by atoms with E-state index in [1.807, 2.05) is 13.0 Å². The van der Waals surface area contributed by atoms with E-state index >= 15 is 0 Å². The monoisotopic (exact) mass is 550 g/mol. The van der Waals surface area contributed by atoms with Crippen LogP contribution in [-0.4, -0.2) is 40.7 Å². The number of aromatic nitrogens is 3. The fourth-order valence-electron chi connectivity index (χ4n) is 3.35. The van der Waals surface area contributed by atoms with Gasteiger partial charge in [-0.05, 0) is 67.3 Å². The Morgan fingerprint density at radius 1 is 0.973 bits per heavy atom. The number of hydrogen-bond donors (Lipinski definition) is 4. The summed E-state index contributed by atoms with van der Waals surface area (Å²) in [5.74, 6) is 1.33. The van der Waals surface area contributed by atoms with Crippen LogP contribution in [0.2, 0.25) is 0 Å². The van der Waals surface area contributed by atoms with Crippen molar-refractivity contribution < 1.29 is 34.1 Å². The van der Waals surface area contributed by atoms with Gasteiger partial charge in [-0.1, -0.05) is 6.07 Å². The van der Waals surface area contributed by atoms with Gasteiger partial charge < -0.3 is 5.32 Å². The number of rotatable bonds is 13. The van der Waals surface area contributed by atoms with Gasteiger partial charge in [0.2, 0.25) is 5.95 Å². The summed E-state index contributed by atoms with van der Waals surface area (Å²) in [7, 11) is -3.15. The molecule has 1 aromatic heterocycles. The van der Waals surface area contributed by atoms with Crippen molar-refractivity contribution in [1.29, 1.82) is 0 Å². The topological polar surface area (TPSA) is 181 Å². The van der Waals surface area contributed by atoms with Gasteiger partial charge >= 0.3 is 0 Å². The van der Waals surface area contributed by atoms with Crippen molar-refractivity contribution in [3.05, 3.63) is 64.7 Å². The highest BCUT2D eigenvalue weighted by Crippen LogP contribution is 2.27. The lowest BCUT2D eigenvalue weighted by Gasteiger charge is -2.09. The van der Waals surface area contributed by atoms with Gasteiger partial charge in [0.1, 0.15) is 24.9 Å². The van der Waals surface area contributed by atoms with E-state index < -0.39 is 8.77 Å². The van der Waals surface area contributed by atoms with Gasteiger partial charge in [0.25, 0.3) is 0 Å². The molecular weight excluding hydrogens is 524 g/mol. The second-order valence-electron chi connectivity index (χ2n) is 7.94. The molecule has 0 amide bonds. The largest absolute Gasteiger partial charge is 0.324 e. The van der Waals surface area contributed by atoms with Crippen molar-refractivity contribution in [3.63, 3.8) is 0 Å². The third-order valence-corrected chi connectivity index (χ3v) is 6.63. The van der Waals surface area contributed by atoms with E-state index in [1.165, 1.54) is 0 Å². The molecule has 2 aromatic carbocycles. The molecule has 0 aliphatic heterocycles. The van der Waals surface area contributed by atoms with Crippen LogP contribution in [-0.2, 0) is 53.7 Å². The van der Waals surface area contributed by atoms with Crippen molar-refractivity contribution in [3.8, 4) is 0 Å². The average Bonchev–Trinajstić information content (AvgIpc) is 2.83. The van der Waals surface area contributed by atoms with E-state index in [4.69, 9.17) is 15.8 Å². The van der Waals surface area contributed by atoms with E-state index in [0.717, 1.165) is 11.3 Å². The molecule has 198 valence electrons. The number of aryl methyl sites for hydroxylation is 3. The van der Waals surface area contributed by atoms with Gasteiger partial charge in [-0.25, -0.2) is 24.2 Å². The predicted molar refractivity (Wildman–Crippen MR) is 137 cm³/mol. The molecule has 0 saturated carbocycles. The van der Waals surface area contributed by atoms with Gasteiger partial charge in [0.05, 0.1) is 17.1 Å². The summed E-state index contributed by atoms with van der Waals surface area (Å²) in [6.45, 7) is 3.51. The highest BCUT2D eigenvalue weighted by Gasteiger charge is 2.10. The maximum absolute atomic E-state index is 11.6. The molecule has 13 nitrogen and oxygen atoms in total. The van der Waals surface area contributed by atoms with Gasteiger partial charge in [-0.3, -0.25) is 10.5 Å². The smallest absolute Gasteiger partial charge is 0.230 e. The lowest BCUT2D eigenvalue weighted by Crippen LogP contribution is -2.10. The molecule has 37 heavy (non-hydrogen) atoms. The second-order valence-corrected chi connectivity index (χ2v) is 11.1. The Labute approximate surface area is 217 Å². The first-order valence-electron chi connectivity index (χ1n) is 10.9. The van der Waals surface area contributed by atoms with Crippen LogP contribution >= 0.6 is 0 Å². The predicted octanol–water partition coefficient (Wildman–Crippen LogP) is 4.71. The summed E-state index contributed by atoms with van der Waals surface area (Å²) in [5.41, 5.74) is 3.94. The fourth-order valence-corrected chi connectivity index (χ4v) is 4.28. The van der Waals surface area contributed by atoms with Crippen molar-refractivity contribution in [2.45, 2.75) is 39.9 Å². The Kier molecular flexibility index (Phi) is 10.4. The van der Waals surface area contributed by atoms with E-state index in [2.05, 4.69) is 55.8 Å². The first-order valence-corrected chi connectivity index (χ1v) is 13.5. The Hall–Kier alpha value is -3.02. The zero-order valence-electron chi connectivity index (χ0n) is 20.0. The molecule has 0 radical (unpaired) electrons. The van der Waals surface area contributed by atoms with Gasteiger partial charge in [-0.2, -0.15) is 20.2 Å². The zero-order chi connectivity index (χ0) is 26.8. The van der Waals surface area contributed by atoms with E-state index in [9.17, 15) is 4.21 Å². The van der Waals surface area contributed by atoms with Crippen LogP contribution in [0.4, 0.5) is 23.0 Å². The summed E-state index contributed by atoms with van der Waals surface area (Å²) in [6, 6.07) is 10.5. The standard InChI is InChI=1S/C22H26N6O7S2/c1-14-8-18(25-22-24-15(2)23-21(26-22)4-3-7-37(32,36)35-31)5-6-20(14)28-27-19-10-16(12-33-29)9-17(11-19)13-34-30/h5-6,8-11,29-31H,3-4,7,12-13H2,1-2H3,(H,23,24,25,26). The Balaban J connectivity index is 1.72. The van der Waals surface area contributed by atoms with Gasteiger partial charge in [-0.15, -0.1) is 4.33 Å². The number of benzene rings is 2. The molecule has 0 saturated heterocycles. The van der Waals surface area contributed by atoms with Crippen molar-refractivity contribution in [2.75, 3.05) is 11.1 Å². The van der Waals surface area contributed by atoms with Gasteiger partial charge in [0, 0.05) is 23.3 Å². The summed E-state index contributed by atoms with van der Waals surface area (Å²) in [6.07, 6.45) is 0.750. The third-order valence-electron chi connectivity index (χ3n) is 4.93. The maximum atomic E-state index is 11.6. The quantitative estimate of drug-likeness (QED) is 0.131. The minimum absolute atomic E-state index is 0.00241. The zero-order valence-corrected chi connectivity index (χ0v) is 21.7. The van der Waals surface area contributed by atoms with E-state index in [-0.39, 0.29) is 19.0 Å². The second kappa shape index (κ2) is 13.5. The lowest BCUT2D eigenvalue weighted by atomic mass is 10.1. The minimum atomic E-state index is -3.15. The fraction of sp³-hybridized carbons (Fsp3) is 0.318. The Bertz CT molecular complexity index is 1330. The molecule has 0 aliphatic rings. The molecule has 0 aliphatic carbocycles. The molecule has 15 heteroatoms. The third kappa shape index (κ3) is 9.10. The molecule has 1 unspecified atom stereocenters. The lowest BCUT2D eigenvalue weighted by molar-refractivity contribution is -0.254. The molecule has 1 heterocycles. The van der Waals surface area contributed by atoms with Crippen LogP contribution in [0.5, 0.6) is 0 Å². The number of nitrogens with zero attached hydrogens (tertiary/aromatic N) is 5. The molecule has 4 N–H and O–H groups in total. The summed E-state index contributed by atoms with van der Waals surface area (Å²) in [5, 5.41) is 37.7. The summed E-state index contributed by atoms with van der Waals surface area (Å²) < 4.78 is 15.5. The van der Waals surface area contributed by atoms with Crippen molar-refractivity contribution in [1.82, 2.24) is 15.0 Å². The molecule has 3 aromatic rings. The normalized spacial score (nSPS) is 13.1. The SMILES string of the molecule is Cc1nc(CCCS(=O)(=S)OO)nc(Nc2ccc(N=Nc3cc(COO)cc(COO)c3)c(C)c2)n1. The van der Waals surface area contributed by atoms with E-state index in [0.29, 0.717) is 52.9 Å². The first-order chi connectivity index (χ1) is 17.7. The van der Waals surface area contributed by atoms with Crippen LogP contribution in [0.1, 0.15) is 34.8 Å². The molecule has 1 atom stereocenters. The maximum Gasteiger partial charge on any atom is 0.230 e. The van der Waals surface area contributed by atoms with Crippen LogP contribution in [0, 0.1) is 13.8 Å². The van der Waals surface area contributed by atoms with Crippen LogP contribution < -0.4 is 5.32 Å². The van der Waals surface area contributed by atoms with Crippen LogP contribution in [0.15, 0.2) is 46.6 Å². The van der Waals surface area contributed by atoms with E-state index in [1.54, 1.807) is 37.3 Å². The highest BCUT2D eigenvalue weighted by molar-refractivity contribution is 8.30. The summed E-state index contributed by atoms with van der Waals surface area (Å²) in [4.78, 5) is 21.3. The average molecular weight is 551 g/mol. The summed E-state index contributed by atoms with van der Waals surface area (Å²) >= 11 is 4.65. The van der Waals surface area contributed by atoms with Crippen molar-refractivity contribution >= 4 is 43.0 Å². The van der Waals surface area contributed by atoms with Crippen LogP contribution in [0.25, 0.3) is 0 Å². The molecule has 0 bridgehead atoms.